The first-order chi connectivity index (χ1) is 5.31. The molecule has 0 aromatic heterocycles. The second-order valence-corrected chi connectivity index (χ2v) is 1.55. The summed E-state index contributed by atoms with van der Waals surface area (Å²) in [6.07, 6.45) is 5.32. The van der Waals surface area contributed by atoms with Crippen LogP contribution in [0.4, 0.5) is 4.39 Å². The van der Waals surface area contributed by atoms with E-state index in [0.29, 0.717) is 7.18 Å². The molecule has 0 rings (SSSR count). The summed E-state index contributed by atoms with van der Waals surface area (Å²) < 4.78 is 9.50. The van der Waals surface area contributed by atoms with Gasteiger partial charge in [0.15, 0.2) is 0 Å². The zero-order valence-corrected chi connectivity index (χ0v) is 7.50. The maximum atomic E-state index is 9.50. The van der Waals surface area contributed by atoms with Gasteiger partial charge in [0.1, 0.15) is 5.84 Å². The molecule has 0 radical (unpaired) electrons. The van der Waals surface area contributed by atoms with E-state index in [4.69, 9.17) is 0 Å². The molecule has 11 heavy (non-hydrogen) atoms. The van der Waals surface area contributed by atoms with Crippen molar-refractivity contribution < 1.29 is 4.39 Å². The van der Waals surface area contributed by atoms with Crippen molar-refractivity contribution in [3.8, 4) is 0 Å². The van der Waals surface area contributed by atoms with Gasteiger partial charge in [-0.1, -0.05) is 6.08 Å². The average Bonchev–Trinajstić information content (AvgIpc) is 2.05. The van der Waals surface area contributed by atoms with Gasteiger partial charge in [0.05, 0.1) is 7.18 Å². The number of halogens is 1. The summed E-state index contributed by atoms with van der Waals surface area (Å²) in [6.45, 7) is 5.65. The van der Waals surface area contributed by atoms with Gasteiger partial charge in [0.25, 0.3) is 0 Å². The number of hydrogen-bond acceptors (Lipinski definition) is 1. The minimum atomic E-state index is 0.500. The minimum Gasteiger partial charge on any atom is -0.255 e. The van der Waals surface area contributed by atoms with E-state index in [0.717, 1.165) is 5.84 Å². The van der Waals surface area contributed by atoms with Crippen LogP contribution in [-0.4, -0.2) is 19.2 Å². The summed E-state index contributed by atoms with van der Waals surface area (Å²) in [5.41, 5.74) is 0. The van der Waals surface area contributed by atoms with Crippen molar-refractivity contribution >= 4 is 12.1 Å². The summed E-state index contributed by atoms with van der Waals surface area (Å²) in [5.74, 6) is 0.788. The van der Waals surface area contributed by atoms with Gasteiger partial charge in [-0.05, 0) is 20.8 Å². The van der Waals surface area contributed by atoms with Crippen LogP contribution in [0, 0.1) is 0 Å². The third-order valence-corrected chi connectivity index (χ3v) is 0.726. The van der Waals surface area contributed by atoms with E-state index in [1.54, 1.807) is 12.4 Å². The summed E-state index contributed by atoms with van der Waals surface area (Å²) in [5, 5.41) is 0. The van der Waals surface area contributed by atoms with E-state index in [1.807, 2.05) is 26.8 Å². The molecular weight excluding hydrogens is 143 g/mol. The fraction of sp³-hybridized carbons (Fsp3) is 0.500. The van der Waals surface area contributed by atoms with Crippen LogP contribution in [0.1, 0.15) is 20.8 Å². The van der Waals surface area contributed by atoms with Gasteiger partial charge in [-0.15, -0.1) is 0 Å². The standard InChI is InChI=1S/C7H12N2.CH3F/c1-4-6-9-7(3)8-5-2;1-2/h4-6H,1-3H3;1H3/b6-4-,8-5?,9-7?;. The number of amidine groups is 1. The average molecular weight is 158 g/mol. The molecule has 0 amide bonds. The highest BCUT2D eigenvalue weighted by atomic mass is 19.1. The second kappa shape index (κ2) is 11.8. The molecule has 64 valence electrons. The van der Waals surface area contributed by atoms with Crippen molar-refractivity contribution in [3.63, 3.8) is 0 Å². The maximum absolute atomic E-state index is 9.50. The zero-order chi connectivity index (χ0) is 9.11. The van der Waals surface area contributed by atoms with Gasteiger partial charge >= 0.3 is 0 Å². The molecule has 0 heterocycles. The molecule has 0 N–H and O–H groups in total. The molecule has 0 aliphatic rings. The normalized spacial score (nSPS) is 11.9. The second-order valence-electron chi connectivity index (χ2n) is 1.55. The zero-order valence-electron chi connectivity index (χ0n) is 7.50. The Bertz CT molecular complexity index is 148. The maximum Gasteiger partial charge on any atom is 0.124 e. The molecule has 0 aliphatic heterocycles. The number of allylic oxidation sites excluding steroid dienone is 1. The topological polar surface area (TPSA) is 24.7 Å². The smallest absolute Gasteiger partial charge is 0.124 e. The largest absolute Gasteiger partial charge is 0.255 e. The van der Waals surface area contributed by atoms with Crippen molar-refractivity contribution in [2.75, 3.05) is 7.18 Å². The van der Waals surface area contributed by atoms with E-state index >= 15 is 0 Å². The predicted octanol–water partition coefficient (Wildman–Crippen LogP) is 2.61. The van der Waals surface area contributed by atoms with Crippen molar-refractivity contribution in [2.45, 2.75) is 20.8 Å². The number of hydrogen-bond donors (Lipinski definition) is 0. The highest BCUT2D eigenvalue weighted by Gasteiger charge is 1.75. The van der Waals surface area contributed by atoms with Crippen LogP contribution < -0.4 is 0 Å². The first-order valence-electron chi connectivity index (χ1n) is 3.33. The molecule has 0 aromatic rings. The Balaban J connectivity index is 0. The molecule has 0 saturated carbocycles. The summed E-state index contributed by atoms with van der Waals surface area (Å²) in [6, 6.07) is 0. The van der Waals surface area contributed by atoms with Gasteiger partial charge < -0.3 is 0 Å². The summed E-state index contributed by atoms with van der Waals surface area (Å²) >= 11 is 0. The number of rotatable bonds is 1. The summed E-state index contributed by atoms with van der Waals surface area (Å²) in [7, 11) is 0.500. The van der Waals surface area contributed by atoms with E-state index < -0.39 is 0 Å². The van der Waals surface area contributed by atoms with Crippen LogP contribution in [-0.2, 0) is 0 Å². The lowest BCUT2D eigenvalue weighted by Gasteiger charge is -1.83. The Morgan fingerprint density at radius 2 is 1.82 bits per heavy atom. The predicted molar refractivity (Wildman–Crippen MR) is 49.1 cm³/mol. The van der Waals surface area contributed by atoms with Crippen molar-refractivity contribution in [1.29, 1.82) is 0 Å². The van der Waals surface area contributed by atoms with Gasteiger partial charge in [-0.25, -0.2) is 9.98 Å². The molecule has 2 nitrogen and oxygen atoms in total. The molecule has 0 atom stereocenters. The quantitative estimate of drug-likeness (QED) is 0.414. The Hall–Kier alpha value is -0.990. The van der Waals surface area contributed by atoms with Crippen molar-refractivity contribution in [1.82, 2.24) is 0 Å². The van der Waals surface area contributed by atoms with Crippen molar-refractivity contribution in [3.05, 3.63) is 12.3 Å². The minimum absolute atomic E-state index is 0.500. The first-order valence-corrected chi connectivity index (χ1v) is 3.33. The summed E-state index contributed by atoms with van der Waals surface area (Å²) in [4.78, 5) is 7.91. The molecule has 0 fully saturated rings. The van der Waals surface area contributed by atoms with Crippen LogP contribution >= 0.6 is 0 Å². The molecule has 0 bridgehead atoms. The SMILES string of the molecule is CC=NC(C)=N/C=C\C.CF. The van der Waals surface area contributed by atoms with Gasteiger partial charge in [0, 0.05) is 12.4 Å². The lowest BCUT2D eigenvalue weighted by molar-refractivity contribution is 0.636. The van der Waals surface area contributed by atoms with E-state index in [9.17, 15) is 4.39 Å². The Kier molecular flexibility index (Phi) is 13.5. The third-order valence-electron chi connectivity index (χ3n) is 0.726. The molecule has 0 unspecified atom stereocenters. The number of nitrogens with zero attached hydrogens (tertiary/aromatic N) is 2. The van der Waals surface area contributed by atoms with E-state index in [2.05, 4.69) is 9.98 Å². The first kappa shape index (κ1) is 12.7. The Morgan fingerprint density at radius 3 is 2.18 bits per heavy atom. The molecule has 0 saturated heterocycles. The van der Waals surface area contributed by atoms with E-state index in [1.165, 1.54) is 0 Å². The lowest BCUT2D eigenvalue weighted by atomic mass is 10.6. The number of alkyl halides is 1. The monoisotopic (exact) mass is 158 g/mol. The fourth-order valence-corrected chi connectivity index (χ4v) is 0.403. The molecular formula is C8H15FN2. The number of aliphatic imine (C=N–C) groups is 2. The molecule has 0 spiro atoms. The van der Waals surface area contributed by atoms with E-state index in [-0.39, 0.29) is 0 Å². The highest BCUT2D eigenvalue weighted by Crippen LogP contribution is 1.80. The van der Waals surface area contributed by atoms with Gasteiger partial charge in [0.2, 0.25) is 0 Å². The molecule has 0 aliphatic carbocycles. The van der Waals surface area contributed by atoms with Gasteiger partial charge in [-0.2, -0.15) is 0 Å². The van der Waals surface area contributed by atoms with Gasteiger partial charge in [-0.3, -0.25) is 4.39 Å². The fourth-order valence-electron chi connectivity index (χ4n) is 0.403. The van der Waals surface area contributed by atoms with Crippen LogP contribution in [0.25, 0.3) is 0 Å². The van der Waals surface area contributed by atoms with Crippen LogP contribution in [0.15, 0.2) is 22.3 Å². The molecule has 3 heteroatoms. The van der Waals surface area contributed by atoms with Crippen LogP contribution in [0.5, 0.6) is 0 Å². The Labute approximate surface area is 67.6 Å². The van der Waals surface area contributed by atoms with Crippen LogP contribution in [0.3, 0.4) is 0 Å². The lowest BCUT2D eigenvalue weighted by Crippen LogP contribution is -1.81. The highest BCUT2D eigenvalue weighted by molar-refractivity contribution is 5.87. The third kappa shape index (κ3) is 12.3. The van der Waals surface area contributed by atoms with Crippen LogP contribution in [0.2, 0.25) is 0 Å². The Morgan fingerprint density at radius 1 is 1.27 bits per heavy atom. The molecule has 0 aromatic carbocycles. The van der Waals surface area contributed by atoms with Crippen molar-refractivity contribution in [2.24, 2.45) is 9.98 Å².